The molecule has 0 spiro atoms. The third kappa shape index (κ3) is 3.30. The van der Waals surface area contributed by atoms with Crippen LogP contribution in [0.3, 0.4) is 0 Å². The van der Waals surface area contributed by atoms with Crippen LogP contribution in [0.1, 0.15) is 44.4 Å². The smallest absolute Gasteiger partial charge is 0.237 e. The summed E-state index contributed by atoms with van der Waals surface area (Å²) >= 11 is 0. The number of aliphatic imine (C=N–C) groups is 1. The standard InChI is InChI=1S/C23H26F2N4O2/c1-22(2)20(30)29(4)21(26)28-23(22,3)16-12-14(6-8-17(16)25)27-18-9-10-31-19-11-13(24)5-7-15(18)19/h5-8,11-12,18,27H,9-10H2,1-4H3,(H2,26,28). The van der Waals surface area contributed by atoms with Gasteiger partial charge >= 0.3 is 0 Å². The molecule has 2 heterocycles. The van der Waals surface area contributed by atoms with Gasteiger partial charge in [0.15, 0.2) is 5.96 Å². The lowest BCUT2D eigenvalue weighted by molar-refractivity contribution is -0.140. The molecule has 0 aromatic heterocycles. The number of hydrogen-bond donors (Lipinski definition) is 2. The monoisotopic (exact) mass is 428 g/mol. The van der Waals surface area contributed by atoms with Gasteiger partial charge in [-0.1, -0.05) is 6.07 Å². The maximum Gasteiger partial charge on any atom is 0.237 e. The number of nitrogens with zero attached hydrogens (tertiary/aromatic N) is 2. The number of amides is 1. The highest BCUT2D eigenvalue weighted by atomic mass is 19.1. The van der Waals surface area contributed by atoms with Crippen molar-refractivity contribution in [2.45, 2.75) is 38.8 Å². The van der Waals surface area contributed by atoms with Crippen LogP contribution < -0.4 is 15.8 Å². The predicted molar refractivity (Wildman–Crippen MR) is 115 cm³/mol. The molecule has 4 rings (SSSR count). The Morgan fingerprint density at radius 3 is 2.68 bits per heavy atom. The quantitative estimate of drug-likeness (QED) is 0.776. The van der Waals surface area contributed by atoms with Crippen molar-refractivity contribution in [2.24, 2.45) is 16.1 Å². The highest BCUT2D eigenvalue weighted by molar-refractivity contribution is 6.01. The minimum atomic E-state index is -1.20. The molecular formula is C23H26F2N4O2. The zero-order chi connectivity index (χ0) is 22.6. The summed E-state index contributed by atoms with van der Waals surface area (Å²) in [6, 6.07) is 8.99. The zero-order valence-electron chi connectivity index (χ0n) is 18.0. The van der Waals surface area contributed by atoms with Gasteiger partial charge in [0.05, 0.1) is 18.1 Å². The SMILES string of the molecule is CN1C(=O)C(C)(C)C(C)(c2cc(NC3CCOc4cc(F)ccc43)ccc2F)N=C1N. The first-order valence-corrected chi connectivity index (χ1v) is 10.2. The maximum atomic E-state index is 15.0. The van der Waals surface area contributed by atoms with Gasteiger partial charge in [0, 0.05) is 36.3 Å². The van der Waals surface area contributed by atoms with E-state index in [1.54, 1.807) is 46.0 Å². The van der Waals surface area contributed by atoms with Crippen molar-refractivity contribution in [3.63, 3.8) is 0 Å². The summed E-state index contributed by atoms with van der Waals surface area (Å²) < 4.78 is 34.2. The Balaban J connectivity index is 1.73. The lowest BCUT2D eigenvalue weighted by atomic mass is 9.67. The van der Waals surface area contributed by atoms with Gasteiger partial charge in [0.1, 0.15) is 22.9 Å². The van der Waals surface area contributed by atoms with Crippen molar-refractivity contribution in [2.75, 3.05) is 19.0 Å². The molecule has 2 unspecified atom stereocenters. The number of hydrogen-bond acceptors (Lipinski definition) is 5. The number of carbonyl (C=O) groups excluding carboxylic acids is 1. The van der Waals surface area contributed by atoms with Crippen molar-refractivity contribution < 1.29 is 18.3 Å². The molecule has 2 aromatic rings. The van der Waals surface area contributed by atoms with Gasteiger partial charge in [-0.15, -0.1) is 0 Å². The molecule has 0 aliphatic carbocycles. The summed E-state index contributed by atoms with van der Waals surface area (Å²) in [5, 5.41) is 3.39. The van der Waals surface area contributed by atoms with E-state index in [2.05, 4.69) is 10.3 Å². The average molecular weight is 428 g/mol. The summed E-state index contributed by atoms with van der Waals surface area (Å²) in [6.07, 6.45) is 0.669. The van der Waals surface area contributed by atoms with Crippen LogP contribution in [-0.2, 0) is 10.3 Å². The van der Waals surface area contributed by atoms with Gasteiger partial charge in [-0.05, 0) is 45.0 Å². The number of halogens is 2. The molecule has 2 aliphatic rings. The van der Waals surface area contributed by atoms with Crippen LogP contribution in [0.5, 0.6) is 5.75 Å². The van der Waals surface area contributed by atoms with Crippen LogP contribution in [0.4, 0.5) is 14.5 Å². The van der Waals surface area contributed by atoms with Crippen LogP contribution in [0.25, 0.3) is 0 Å². The normalized spacial score (nSPS) is 24.8. The molecule has 8 heteroatoms. The molecule has 3 N–H and O–H groups in total. The van der Waals surface area contributed by atoms with Gasteiger partial charge < -0.3 is 15.8 Å². The fourth-order valence-corrected chi connectivity index (χ4v) is 4.27. The van der Waals surface area contributed by atoms with E-state index in [1.807, 2.05) is 0 Å². The second-order valence-electron chi connectivity index (χ2n) is 8.74. The van der Waals surface area contributed by atoms with Gasteiger partial charge in [-0.25, -0.2) is 13.8 Å². The van der Waals surface area contributed by atoms with E-state index in [0.717, 1.165) is 5.56 Å². The molecule has 0 saturated carbocycles. The minimum absolute atomic E-state index is 0.0463. The summed E-state index contributed by atoms with van der Waals surface area (Å²) in [7, 11) is 1.56. The average Bonchev–Trinajstić information content (AvgIpc) is 2.72. The molecule has 31 heavy (non-hydrogen) atoms. The molecule has 2 aliphatic heterocycles. The van der Waals surface area contributed by atoms with E-state index in [-0.39, 0.29) is 29.3 Å². The molecule has 2 atom stereocenters. The molecule has 0 bridgehead atoms. The van der Waals surface area contributed by atoms with E-state index >= 15 is 4.39 Å². The number of nitrogens with one attached hydrogen (secondary N) is 1. The van der Waals surface area contributed by atoms with E-state index in [1.165, 1.54) is 23.1 Å². The summed E-state index contributed by atoms with van der Waals surface area (Å²) in [5.41, 5.74) is 5.54. The van der Waals surface area contributed by atoms with Crippen LogP contribution in [0.2, 0.25) is 0 Å². The number of carbonyl (C=O) groups is 1. The second-order valence-corrected chi connectivity index (χ2v) is 8.74. The highest BCUT2D eigenvalue weighted by Crippen LogP contribution is 2.48. The first kappa shape index (κ1) is 21.1. The molecule has 2 aromatic carbocycles. The molecule has 1 amide bonds. The molecule has 6 nitrogen and oxygen atoms in total. The van der Waals surface area contributed by atoms with Crippen LogP contribution in [0.15, 0.2) is 41.4 Å². The summed E-state index contributed by atoms with van der Waals surface area (Å²) in [4.78, 5) is 18.7. The predicted octanol–water partition coefficient (Wildman–Crippen LogP) is 3.93. The number of ether oxygens (including phenoxy) is 1. The Morgan fingerprint density at radius 2 is 1.94 bits per heavy atom. The van der Waals surface area contributed by atoms with Crippen molar-refractivity contribution in [3.8, 4) is 5.75 Å². The first-order valence-electron chi connectivity index (χ1n) is 10.2. The number of nitrogens with two attached hydrogens (primary N) is 1. The fraction of sp³-hybridized carbons (Fsp3) is 0.391. The number of guanidine groups is 1. The number of anilines is 1. The van der Waals surface area contributed by atoms with Crippen molar-refractivity contribution in [1.29, 1.82) is 0 Å². The van der Waals surface area contributed by atoms with Crippen molar-refractivity contribution in [3.05, 3.63) is 59.2 Å². The lowest BCUT2D eigenvalue weighted by Gasteiger charge is -2.46. The summed E-state index contributed by atoms with van der Waals surface area (Å²) in [5.74, 6) is -0.520. The largest absolute Gasteiger partial charge is 0.493 e. The number of rotatable bonds is 3. The molecular weight excluding hydrogens is 402 g/mol. The van der Waals surface area contributed by atoms with Gasteiger partial charge in [0.25, 0.3) is 0 Å². The zero-order valence-corrected chi connectivity index (χ0v) is 18.0. The number of benzene rings is 2. The van der Waals surface area contributed by atoms with Crippen LogP contribution in [0, 0.1) is 17.0 Å². The Bertz CT molecular complexity index is 1090. The lowest BCUT2D eigenvalue weighted by Crippen LogP contribution is -2.58. The molecule has 0 radical (unpaired) electrons. The van der Waals surface area contributed by atoms with Gasteiger partial charge in [0.2, 0.25) is 5.91 Å². The molecule has 0 saturated heterocycles. The van der Waals surface area contributed by atoms with Crippen LogP contribution in [-0.4, -0.2) is 30.4 Å². The minimum Gasteiger partial charge on any atom is -0.493 e. The van der Waals surface area contributed by atoms with Gasteiger partial charge in [-0.3, -0.25) is 9.69 Å². The maximum absolute atomic E-state index is 15.0. The third-order valence-corrected chi connectivity index (χ3v) is 6.58. The Labute approximate surface area is 180 Å². The Hall–Kier alpha value is -3.16. The fourth-order valence-electron chi connectivity index (χ4n) is 4.27. The molecule has 0 fully saturated rings. The topological polar surface area (TPSA) is 80.0 Å². The van der Waals surface area contributed by atoms with Gasteiger partial charge in [-0.2, -0.15) is 0 Å². The van der Waals surface area contributed by atoms with E-state index in [0.29, 0.717) is 24.5 Å². The highest BCUT2D eigenvalue weighted by Gasteiger charge is 2.53. The Morgan fingerprint density at radius 1 is 1.19 bits per heavy atom. The van der Waals surface area contributed by atoms with Crippen molar-refractivity contribution >= 4 is 17.6 Å². The number of fused-ring (bicyclic) bond motifs is 1. The van der Waals surface area contributed by atoms with E-state index in [4.69, 9.17) is 10.5 Å². The van der Waals surface area contributed by atoms with E-state index < -0.39 is 16.8 Å². The van der Waals surface area contributed by atoms with E-state index in [9.17, 15) is 9.18 Å². The van der Waals surface area contributed by atoms with Crippen molar-refractivity contribution in [1.82, 2.24) is 4.90 Å². The molecule has 164 valence electrons. The second kappa shape index (κ2) is 7.21. The Kier molecular flexibility index (Phi) is 4.91. The van der Waals surface area contributed by atoms with Crippen LogP contribution >= 0.6 is 0 Å². The summed E-state index contributed by atoms with van der Waals surface area (Å²) in [6.45, 7) is 5.64. The first-order chi connectivity index (χ1) is 14.5. The third-order valence-electron chi connectivity index (χ3n) is 6.58.